The number of anilines is 2. The van der Waals surface area contributed by atoms with E-state index in [1.165, 1.54) is 5.56 Å². The van der Waals surface area contributed by atoms with Crippen molar-refractivity contribution < 1.29 is 0 Å². The van der Waals surface area contributed by atoms with E-state index in [1.54, 1.807) is 6.20 Å². The molecule has 4 heterocycles. The maximum atomic E-state index is 4.66. The summed E-state index contributed by atoms with van der Waals surface area (Å²) < 4.78 is 0. The van der Waals surface area contributed by atoms with E-state index in [0.29, 0.717) is 12.0 Å². The quantitative estimate of drug-likeness (QED) is 0.882. The highest BCUT2D eigenvalue weighted by Gasteiger charge is 2.30. The summed E-state index contributed by atoms with van der Waals surface area (Å²) in [5, 5.41) is 6.55. The fourth-order valence-electron chi connectivity index (χ4n) is 2.78. The molecule has 0 unspecified atom stereocenters. The van der Waals surface area contributed by atoms with Crippen LogP contribution in [-0.4, -0.2) is 39.0 Å². The first-order chi connectivity index (χ1) is 10.3. The normalized spacial score (nSPS) is 18.3. The molecule has 0 amide bonds. The van der Waals surface area contributed by atoms with Crippen LogP contribution in [0.2, 0.25) is 0 Å². The van der Waals surface area contributed by atoms with Gasteiger partial charge in [0, 0.05) is 50.2 Å². The summed E-state index contributed by atoms with van der Waals surface area (Å²) in [6.07, 6.45) is 5.56. The van der Waals surface area contributed by atoms with Gasteiger partial charge >= 0.3 is 0 Å². The number of aromatic nitrogens is 3. The van der Waals surface area contributed by atoms with Crippen molar-refractivity contribution in [1.29, 1.82) is 0 Å². The molecule has 21 heavy (non-hydrogen) atoms. The van der Waals surface area contributed by atoms with Crippen molar-refractivity contribution in [2.75, 3.05) is 18.4 Å². The third-order valence-electron chi connectivity index (χ3n) is 4.09. The number of aryl methyl sites for hydroxylation is 1. The first-order valence-electron chi connectivity index (χ1n) is 7.26. The average Bonchev–Trinajstić information content (AvgIpc) is 2.79. The first kappa shape index (κ1) is 12.7. The minimum absolute atomic E-state index is 0.648. The van der Waals surface area contributed by atoms with Gasteiger partial charge in [0.25, 0.3) is 0 Å². The highest BCUT2D eigenvalue weighted by molar-refractivity contribution is 5.52. The predicted molar refractivity (Wildman–Crippen MR) is 80.2 cm³/mol. The standard InChI is InChI=1S/C15H18N6/c1-10-2-12(5-16-3-10)19-15-18-4-11-8-21(9-14(11)20-15)13-6-17-7-13/h2-5,13,17H,6-9H2,1H3,(H,18,19,20). The van der Waals surface area contributed by atoms with Crippen LogP contribution in [-0.2, 0) is 13.1 Å². The van der Waals surface area contributed by atoms with Gasteiger partial charge in [-0.15, -0.1) is 0 Å². The van der Waals surface area contributed by atoms with E-state index in [4.69, 9.17) is 0 Å². The van der Waals surface area contributed by atoms with Crippen LogP contribution >= 0.6 is 0 Å². The highest BCUT2D eigenvalue weighted by atomic mass is 15.3. The molecular weight excluding hydrogens is 264 g/mol. The van der Waals surface area contributed by atoms with Crippen molar-refractivity contribution in [1.82, 2.24) is 25.2 Å². The molecular formula is C15H18N6. The molecule has 6 heteroatoms. The summed E-state index contributed by atoms with van der Waals surface area (Å²) in [7, 11) is 0. The minimum atomic E-state index is 0.648. The molecule has 6 nitrogen and oxygen atoms in total. The van der Waals surface area contributed by atoms with Gasteiger partial charge < -0.3 is 10.6 Å². The molecule has 2 aliphatic rings. The zero-order valence-electron chi connectivity index (χ0n) is 12.0. The van der Waals surface area contributed by atoms with Gasteiger partial charge in [-0.1, -0.05) is 0 Å². The van der Waals surface area contributed by atoms with E-state index in [1.807, 2.05) is 25.4 Å². The summed E-state index contributed by atoms with van der Waals surface area (Å²) in [4.78, 5) is 15.7. The lowest BCUT2D eigenvalue weighted by molar-refractivity contribution is 0.145. The van der Waals surface area contributed by atoms with Gasteiger partial charge in [0.1, 0.15) is 0 Å². The lowest BCUT2D eigenvalue weighted by Gasteiger charge is -2.35. The molecule has 1 fully saturated rings. The molecule has 0 aromatic carbocycles. The zero-order chi connectivity index (χ0) is 14.2. The zero-order valence-corrected chi connectivity index (χ0v) is 12.0. The molecule has 2 aromatic heterocycles. The van der Waals surface area contributed by atoms with Crippen molar-refractivity contribution in [3.8, 4) is 0 Å². The van der Waals surface area contributed by atoms with Crippen LogP contribution in [0.15, 0.2) is 24.7 Å². The maximum Gasteiger partial charge on any atom is 0.227 e. The summed E-state index contributed by atoms with van der Waals surface area (Å²) in [5.41, 5.74) is 4.42. The Morgan fingerprint density at radius 3 is 2.90 bits per heavy atom. The highest BCUT2D eigenvalue weighted by Crippen LogP contribution is 2.25. The fourth-order valence-corrected chi connectivity index (χ4v) is 2.78. The van der Waals surface area contributed by atoms with E-state index >= 15 is 0 Å². The molecule has 2 aliphatic heterocycles. The second-order valence-corrected chi connectivity index (χ2v) is 5.76. The Hall–Kier alpha value is -2.05. The van der Waals surface area contributed by atoms with Crippen LogP contribution in [0.3, 0.4) is 0 Å². The maximum absolute atomic E-state index is 4.66. The van der Waals surface area contributed by atoms with Crippen LogP contribution in [0.4, 0.5) is 11.6 Å². The Balaban J connectivity index is 1.51. The topological polar surface area (TPSA) is 66.0 Å². The average molecular weight is 282 g/mol. The molecule has 0 radical (unpaired) electrons. The number of fused-ring (bicyclic) bond motifs is 1. The van der Waals surface area contributed by atoms with Gasteiger partial charge in [-0.25, -0.2) is 9.97 Å². The van der Waals surface area contributed by atoms with Gasteiger partial charge in [0.2, 0.25) is 5.95 Å². The molecule has 0 aliphatic carbocycles. The summed E-state index contributed by atoms with van der Waals surface area (Å²) in [6.45, 7) is 6.08. The number of rotatable bonds is 3. The summed E-state index contributed by atoms with van der Waals surface area (Å²) in [6, 6.07) is 2.69. The Bertz CT molecular complexity index is 667. The molecule has 0 atom stereocenters. The van der Waals surface area contributed by atoms with Crippen molar-refractivity contribution in [3.05, 3.63) is 41.5 Å². The fraction of sp³-hybridized carbons (Fsp3) is 0.400. The van der Waals surface area contributed by atoms with Crippen LogP contribution < -0.4 is 10.6 Å². The van der Waals surface area contributed by atoms with Crippen LogP contribution in [0.5, 0.6) is 0 Å². The second kappa shape index (κ2) is 5.05. The largest absolute Gasteiger partial charge is 0.323 e. The van der Waals surface area contributed by atoms with Crippen LogP contribution in [0, 0.1) is 6.92 Å². The van der Waals surface area contributed by atoms with Gasteiger partial charge in [0.05, 0.1) is 17.6 Å². The Morgan fingerprint density at radius 2 is 2.14 bits per heavy atom. The second-order valence-electron chi connectivity index (χ2n) is 5.76. The number of hydrogen-bond acceptors (Lipinski definition) is 6. The Morgan fingerprint density at radius 1 is 1.24 bits per heavy atom. The number of hydrogen-bond donors (Lipinski definition) is 2. The summed E-state index contributed by atoms with van der Waals surface area (Å²) >= 11 is 0. The number of nitrogens with one attached hydrogen (secondary N) is 2. The molecule has 108 valence electrons. The third-order valence-corrected chi connectivity index (χ3v) is 4.09. The van der Waals surface area contributed by atoms with Gasteiger partial charge in [-0.05, 0) is 18.6 Å². The molecule has 0 saturated carbocycles. The van der Waals surface area contributed by atoms with E-state index < -0.39 is 0 Å². The monoisotopic (exact) mass is 282 g/mol. The SMILES string of the molecule is Cc1cncc(Nc2ncc3c(n2)CN(C2CNC2)C3)c1. The van der Waals surface area contributed by atoms with Gasteiger partial charge in [-0.3, -0.25) is 9.88 Å². The Kier molecular flexibility index (Phi) is 3.05. The van der Waals surface area contributed by atoms with Crippen molar-refractivity contribution in [2.24, 2.45) is 0 Å². The van der Waals surface area contributed by atoms with E-state index in [0.717, 1.165) is 43.1 Å². The first-order valence-corrected chi connectivity index (χ1v) is 7.26. The van der Waals surface area contributed by atoms with Gasteiger partial charge in [0.15, 0.2) is 0 Å². The molecule has 1 saturated heterocycles. The molecule has 2 N–H and O–H groups in total. The van der Waals surface area contributed by atoms with Gasteiger partial charge in [-0.2, -0.15) is 0 Å². The van der Waals surface area contributed by atoms with Crippen LogP contribution in [0.25, 0.3) is 0 Å². The smallest absolute Gasteiger partial charge is 0.227 e. The number of pyridine rings is 1. The molecule has 0 bridgehead atoms. The molecule has 0 spiro atoms. The molecule has 4 rings (SSSR count). The molecule has 2 aromatic rings. The van der Waals surface area contributed by atoms with Crippen LogP contribution in [0.1, 0.15) is 16.8 Å². The lowest BCUT2D eigenvalue weighted by Crippen LogP contribution is -2.55. The van der Waals surface area contributed by atoms with E-state index in [-0.39, 0.29) is 0 Å². The van der Waals surface area contributed by atoms with E-state index in [9.17, 15) is 0 Å². The van der Waals surface area contributed by atoms with Crippen molar-refractivity contribution in [2.45, 2.75) is 26.1 Å². The lowest BCUT2D eigenvalue weighted by atomic mass is 10.1. The predicted octanol–water partition coefficient (Wildman–Crippen LogP) is 1.21. The van der Waals surface area contributed by atoms with Crippen molar-refractivity contribution in [3.63, 3.8) is 0 Å². The third kappa shape index (κ3) is 2.48. The Labute approximate surface area is 123 Å². The minimum Gasteiger partial charge on any atom is -0.323 e. The summed E-state index contributed by atoms with van der Waals surface area (Å²) in [5.74, 6) is 0.648. The van der Waals surface area contributed by atoms with E-state index in [2.05, 4.69) is 30.5 Å². The van der Waals surface area contributed by atoms with Crippen molar-refractivity contribution >= 4 is 11.6 Å². The number of nitrogens with zero attached hydrogens (tertiary/aromatic N) is 4.